The first kappa shape index (κ1) is 17.3. The van der Waals surface area contributed by atoms with E-state index in [0.717, 1.165) is 57.8 Å². The maximum absolute atomic E-state index is 12.8. The van der Waals surface area contributed by atoms with Gasteiger partial charge >= 0.3 is 0 Å². The summed E-state index contributed by atoms with van der Waals surface area (Å²) in [6.45, 7) is 4.91. The summed E-state index contributed by atoms with van der Waals surface area (Å²) in [4.78, 5) is 14.4. The molecule has 0 bridgehead atoms. The van der Waals surface area contributed by atoms with E-state index in [2.05, 4.69) is 15.3 Å². The molecule has 2 aliphatic rings. The fraction of sp³-hybridized carbons (Fsp3) is 0.750. The van der Waals surface area contributed by atoms with Crippen molar-refractivity contribution in [2.24, 2.45) is 0 Å². The Hall–Kier alpha value is -1.54. The van der Waals surface area contributed by atoms with Crippen molar-refractivity contribution in [2.75, 3.05) is 39.4 Å². The summed E-state index contributed by atoms with van der Waals surface area (Å²) in [5, 5.41) is 6.75. The lowest BCUT2D eigenvalue weighted by molar-refractivity contribution is -0.121. The van der Waals surface area contributed by atoms with E-state index in [-0.39, 0.29) is 24.1 Å². The summed E-state index contributed by atoms with van der Waals surface area (Å²) in [6.07, 6.45) is 0.230. The van der Waals surface area contributed by atoms with Gasteiger partial charge in [-0.1, -0.05) is 0 Å². The van der Waals surface area contributed by atoms with E-state index in [1.807, 2.05) is 0 Å². The Morgan fingerprint density at radius 2 is 2.12 bits per heavy atom. The zero-order chi connectivity index (χ0) is 16.9. The van der Waals surface area contributed by atoms with Gasteiger partial charge in [0.25, 0.3) is 6.43 Å². The number of hydrogen-bond acceptors (Lipinski definition) is 4. The number of ether oxygens (including phenoxy) is 1. The molecule has 8 heteroatoms. The van der Waals surface area contributed by atoms with Gasteiger partial charge in [-0.3, -0.25) is 14.4 Å². The van der Waals surface area contributed by atoms with Crippen LogP contribution in [0.1, 0.15) is 43.0 Å². The molecule has 2 fully saturated rings. The molecule has 0 unspecified atom stereocenters. The maximum Gasteiger partial charge on any atom is 0.282 e. The highest BCUT2D eigenvalue weighted by molar-refractivity contribution is 5.75. The number of alkyl halides is 2. The Morgan fingerprint density at radius 3 is 2.79 bits per heavy atom. The van der Waals surface area contributed by atoms with E-state index in [9.17, 15) is 13.6 Å². The number of rotatable bonds is 8. The summed E-state index contributed by atoms with van der Waals surface area (Å²) in [5.41, 5.74) is 0.519. The van der Waals surface area contributed by atoms with Gasteiger partial charge in [-0.05, 0) is 31.9 Å². The van der Waals surface area contributed by atoms with Gasteiger partial charge in [0, 0.05) is 31.2 Å². The third kappa shape index (κ3) is 4.73. The second-order valence-electron chi connectivity index (χ2n) is 6.38. The highest BCUT2D eigenvalue weighted by Crippen LogP contribution is 2.41. The fourth-order valence-corrected chi connectivity index (χ4v) is 2.94. The summed E-state index contributed by atoms with van der Waals surface area (Å²) in [6, 6.07) is 1.44. The van der Waals surface area contributed by atoms with Gasteiger partial charge in [-0.2, -0.15) is 5.10 Å². The SMILES string of the molecule is O=C(Cn1nc(C(F)F)cc1C1CC1)NCCCN1CCOCC1. The number of carbonyl (C=O) groups excluding carboxylic acids is 1. The van der Waals surface area contributed by atoms with Crippen molar-refractivity contribution >= 4 is 5.91 Å². The average Bonchev–Trinajstić information content (AvgIpc) is 3.33. The molecule has 3 rings (SSSR count). The van der Waals surface area contributed by atoms with Crippen molar-refractivity contribution < 1.29 is 18.3 Å². The number of nitrogens with one attached hydrogen (secondary N) is 1. The second-order valence-corrected chi connectivity index (χ2v) is 6.38. The van der Waals surface area contributed by atoms with E-state index in [1.54, 1.807) is 0 Å². The standard InChI is InChI=1S/C16H24F2N4O2/c17-16(18)13-10-14(12-2-3-12)22(20-13)11-15(23)19-4-1-5-21-6-8-24-9-7-21/h10,12,16H,1-9,11H2,(H,19,23). The number of nitrogens with zero attached hydrogens (tertiary/aromatic N) is 3. The first-order chi connectivity index (χ1) is 11.6. The normalized spacial score (nSPS) is 19.0. The van der Waals surface area contributed by atoms with Gasteiger partial charge < -0.3 is 10.1 Å². The molecule has 0 radical (unpaired) electrons. The van der Waals surface area contributed by atoms with Crippen LogP contribution >= 0.6 is 0 Å². The highest BCUT2D eigenvalue weighted by atomic mass is 19.3. The molecule has 1 amide bonds. The van der Waals surface area contributed by atoms with Gasteiger partial charge in [0.1, 0.15) is 12.2 Å². The molecule has 1 aromatic heterocycles. The molecule has 0 atom stereocenters. The Bertz CT molecular complexity index is 554. The van der Waals surface area contributed by atoms with Gasteiger partial charge in [0.05, 0.1) is 13.2 Å². The van der Waals surface area contributed by atoms with Crippen molar-refractivity contribution in [3.63, 3.8) is 0 Å². The second kappa shape index (κ2) is 8.02. The van der Waals surface area contributed by atoms with Gasteiger partial charge in [0.2, 0.25) is 5.91 Å². The predicted molar refractivity (Wildman–Crippen MR) is 84.0 cm³/mol. The van der Waals surface area contributed by atoms with E-state index < -0.39 is 6.43 Å². The number of hydrogen-bond donors (Lipinski definition) is 1. The third-order valence-corrected chi connectivity index (χ3v) is 4.42. The van der Waals surface area contributed by atoms with Crippen molar-refractivity contribution in [1.82, 2.24) is 20.0 Å². The van der Waals surface area contributed by atoms with Crippen LogP contribution in [0.25, 0.3) is 0 Å². The Labute approximate surface area is 140 Å². The largest absolute Gasteiger partial charge is 0.379 e. The van der Waals surface area contributed by atoms with Crippen LogP contribution in [0.2, 0.25) is 0 Å². The molecule has 1 N–H and O–H groups in total. The van der Waals surface area contributed by atoms with Gasteiger partial charge in [-0.15, -0.1) is 0 Å². The molecule has 24 heavy (non-hydrogen) atoms. The summed E-state index contributed by atoms with van der Waals surface area (Å²) in [5.74, 6) is 0.0990. The van der Waals surface area contributed by atoms with Gasteiger partial charge in [0.15, 0.2) is 0 Å². The highest BCUT2D eigenvalue weighted by Gasteiger charge is 2.30. The van der Waals surface area contributed by atoms with E-state index >= 15 is 0 Å². The van der Waals surface area contributed by atoms with Crippen molar-refractivity contribution in [1.29, 1.82) is 0 Å². The predicted octanol–water partition coefficient (Wildman–Crippen LogP) is 1.54. The van der Waals surface area contributed by atoms with Crippen LogP contribution < -0.4 is 5.32 Å². The first-order valence-corrected chi connectivity index (χ1v) is 8.56. The minimum absolute atomic E-state index is 0.0100. The molecular weight excluding hydrogens is 318 g/mol. The fourth-order valence-electron chi connectivity index (χ4n) is 2.94. The van der Waals surface area contributed by atoms with Crippen LogP contribution in [-0.2, 0) is 16.1 Å². The van der Waals surface area contributed by atoms with Crippen LogP contribution in [0.15, 0.2) is 6.07 Å². The van der Waals surface area contributed by atoms with Crippen molar-refractivity contribution in [3.8, 4) is 0 Å². The molecule has 0 aromatic carbocycles. The third-order valence-electron chi connectivity index (χ3n) is 4.42. The number of carbonyl (C=O) groups is 1. The topological polar surface area (TPSA) is 59.4 Å². The van der Waals surface area contributed by atoms with E-state index in [0.29, 0.717) is 6.54 Å². The summed E-state index contributed by atoms with van der Waals surface area (Å²) in [7, 11) is 0. The Balaban J connectivity index is 1.43. The maximum atomic E-state index is 12.8. The lowest BCUT2D eigenvalue weighted by Crippen LogP contribution is -2.38. The van der Waals surface area contributed by atoms with E-state index in [1.165, 1.54) is 10.7 Å². The first-order valence-electron chi connectivity index (χ1n) is 8.56. The number of morpholine rings is 1. The van der Waals surface area contributed by atoms with Crippen LogP contribution in [0.3, 0.4) is 0 Å². The van der Waals surface area contributed by atoms with E-state index in [4.69, 9.17) is 4.74 Å². The molecule has 0 spiro atoms. The number of amides is 1. The van der Waals surface area contributed by atoms with Crippen LogP contribution in [0.5, 0.6) is 0 Å². The molecule has 1 aliphatic heterocycles. The Kier molecular flexibility index (Phi) is 5.78. The Morgan fingerprint density at radius 1 is 1.38 bits per heavy atom. The zero-order valence-electron chi connectivity index (χ0n) is 13.7. The molecule has 1 saturated carbocycles. The lowest BCUT2D eigenvalue weighted by atomic mass is 10.2. The minimum atomic E-state index is -2.60. The van der Waals surface area contributed by atoms with Gasteiger partial charge in [-0.25, -0.2) is 8.78 Å². The van der Waals surface area contributed by atoms with Crippen LogP contribution in [0.4, 0.5) is 8.78 Å². The molecule has 1 saturated heterocycles. The van der Waals surface area contributed by atoms with Crippen LogP contribution in [-0.4, -0.2) is 60.0 Å². The van der Waals surface area contributed by atoms with Crippen molar-refractivity contribution in [2.45, 2.75) is 38.2 Å². The van der Waals surface area contributed by atoms with Crippen LogP contribution in [0, 0.1) is 0 Å². The molecule has 6 nitrogen and oxygen atoms in total. The molecular formula is C16H24F2N4O2. The average molecular weight is 342 g/mol. The monoisotopic (exact) mass is 342 g/mol. The quantitative estimate of drug-likeness (QED) is 0.728. The molecule has 1 aliphatic carbocycles. The smallest absolute Gasteiger partial charge is 0.282 e. The summed E-state index contributed by atoms with van der Waals surface area (Å²) >= 11 is 0. The minimum Gasteiger partial charge on any atom is -0.379 e. The zero-order valence-corrected chi connectivity index (χ0v) is 13.7. The summed E-state index contributed by atoms with van der Waals surface area (Å²) < 4.78 is 32.4. The molecule has 2 heterocycles. The number of halogens is 2. The lowest BCUT2D eigenvalue weighted by Gasteiger charge is -2.26. The molecule has 134 valence electrons. The molecule has 1 aromatic rings. The van der Waals surface area contributed by atoms with Crippen molar-refractivity contribution in [3.05, 3.63) is 17.5 Å². The number of aromatic nitrogens is 2.